The molecule has 0 atom stereocenters. The Hall–Kier alpha value is -3.54. The second-order valence-corrected chi connectivity index (χ2v) is 5.46. The van der Waals surface area contributed by atoms with Crippen LogP contribution in [0.5, 0.6) is 0 Å². The van der Waals surface area contributed by atoms with E-state index in [9.17, 15) is 19.2 Å². The summed E-state index contributed by atoms with van der Waals surface area (Å²) in [4.78, 5) is 49.5. The van der Waals surface area contributed by atoms with E-state index in [0.29, 0.717) is 16.7 Å². The second-order valence-electron chi connectivity index (χ2n) is 5.46. The number of anilines is 2. The van der Waals surface area contributed by atoms with Crippen LogP contribution in [0.4, 0.5) is 11.4 Å². The van der Waals surface area contributed by atoms with E-state index in [0.717, 1.165) is 4.90 Å². The largest absolute Gasteiger partial charge is 0.395 e. The van der Waals surface area contributed by atoms with Crippen LogP contribution in [-0.2, 0) is 0 Å². The zero-order valence-electron chi connectivity index (χ0n) is 12.3. The van der Waals surface area contributed by atoms with Crippen LogP contribution in [0.2, 0.25) is 0 Å². The van der Waals surface area contributed by atoms with Gasteiger partial charge in [-0.1, -0.05) is 30.3 Å². The molecule has 2 amide bonds. The molecule has 3 aromatic carbocycles. The van der Waals surface area contributed by atoms with Crippen LogP contribution >= 0.6 is 0 Å². The number of para-hydroxylation sites is 1. The smallest absolute Gasteiger partial charge is 0.266 e. The summed E-state index contributed by atoms with van der Waals surface area (Å²) in [5.74, 6) is -0.944. The molecule has 6 nitrogen and oxygen atoms in total. The van der Waals surface area contributed by atoms with Crippen LogP contribution in [0.25, 0.3) is 11.1 Å². The Morgan fingerprint density at radius 2 is 1.17 bits per heavy atom. The summed E-state index contributed by atoms with van der Waals surface area (Å²) >= 11 is 0. The maximum Gasteiger partial charge on any atom is 0.266 e. The molecule has 0 spiro atoms. The Labute approximate surface area is 135 Å². The van der Waals surface area contributed by atoms with Crippen LogP contribution in [0.3, 0.4) is 0 Å². The van der Waals surface area contributed by atoms with E-state index in [1.807, 2.05) is 0 Å². The first kappa shape index (κ1) is 14.1. The topological polar surface area (TPSA) is 97.5 Å². The molecule has 3 aromatic rings. The molecule has 6 heteroatoms. The quantitative estimate of drug-likeness (QED) is 0.568. The lowest BCUT2D eigenvalue weighted by atomic mass is 9.97. The fourth-order valence-electron chi connectivity index (χ4n) is 2.96. The minimum Gasteiger partial charge on any atom is -0.395 e. The number of hydrogen-bond donors (Lipinski definition) is 1. The van der Waals surface area contributed by atoms with E-state index in [4.69, 9.17) is 5.73 Å². The van der Waals surface area contributed by atoms with Gasteiger partial charge in [0.25, 0.3) is 11.8 Å². The number of carbonyl (C=O) groups is 2. The molecule has 1 aliphatic rings. The van der Waals surface area contributed by atoms with Crippen molar-refractivity contribution in [2.24, 2.45) is 0 Å². The standard InChI is InChI=1S/C18H10N2O4/c19-14-13(15(21)16(14)22)11-7-3-4-8-12(11)20-17(23)9-5-1-2-6-10(9)18(20)24/h1-8H,19H2. The van der Waals surface area contributed by atoms with Crippen molar-refractivity contribution >= 4 is 23.2 Å². The first-order valence-electron chi connectivity index (χ1n) is 7.18. The fourth-order valence-corrected chi connectivity index (χ4v) is 2.96. The van der Waals surface area contributed by atoms with Gasteiger partial charge in [0.05, 0.1) is 28.1 Å². The highest BCUT2D eigenvalue weighted by molar-refractivity contribution is 6.35. The molecule has 0 fully saturated rings. The monoisotopic (exact) mass is 318 g/mol. The molecular formula is C18H10N2O4. The number of benzene rings is 2. The van der Waals surface area contributed by atoms with Gasteiger partial charge < -0.3 is 5.73 Å². The third-order valence-corrected chi connectivity index (χ3v) is 4.16. The highest BCUT2D eigenvalue weighted by Gasteiger charge is 2.38. The average Bonchev–Trinajstić information content (AvgIpc) is 2.87. The van der Waals surface area contributed by atoms with Crippen molar-refractivity contribution in [3.8, 4) is 11.1 Å². The third-order valence-electron chi connectivity index (χ3n) is 4.16. The first-order chi connectivity index (χ1) is 11.5. The predicted octanol–water partition coefficient (Wildman–Crippen LogP) is 1.33. The van der Waals surface area contributed by atoms with Crippen LogP contribution in [0, 0.1) is 0 Å². The highest BCUT2D eigenvalue weighted by atomic mass is 16.2. The zero-order valence-corrected chi connectivity index (χ0v) is 12.3. The molecular weight excluding hydrogens is 308 g/mol. The first-order valence-corrected chi connectivity index (χ1v) is 7.18. The lowest BCUT2D eigenvalue weighted by molar-refractivity contribution is 0.0926. The van der Waals surface area contributed by atoms with Crippen molar-refractivity contribution in [2.75, 3.05) is 10.6 Å². The summed E-state index contributed by atoms with van der Waals surface area (Å²) in [5.41, 5.74) is 5.21. The van der Waals surface area contributed by atoms with Gasteiger partial charge in [0, 0.05) is 5.56 Å². The van der Waals surface area contributed by atoms with Crippen LogP contribution in [0.1, 0.15) is 20.7 Å². The predicted molar refractivity (Wildman–Crippen MR) is 88.8 cm³/mol. The van der Waals surface area contributed by atoms with E-state index in [1.54, 1.807) is 48.5 Å². The van der Waals surface area contributed by atoms with Crippen LogP contribution < -0.4 is 21.5 Å². The molecule has 116 valence electrons. The van der Waals surface area contributed by atoms with Gasteiger partial charge in [-0.3, -0.25) is 19.2 Å². The number of amides is 2. The molecule has 0 unspecified atom stereocenters. The van der Waals surface area contributed by atoms with Crippen molar-refractivity contribution in [3.63, 3.8) is 0 Å². The minimum atomic E-state index is -0.748. The number of nitrogens with zero attached hydrogens (tertiary/aromatic N) is 1. The maximum atomic E-state index is 12.6. The number of hydrogen-bond acceptors (Lipinski definition) is 5. The summed E-state index contributed by atoms with van der Waals surface area (Å²) < 4.78 is 0. The number of rotatable bonds is 2. The lowest BCUT2D eigenvalue weighted by Gasteiger charge is -2.19. The van der Waals surface area contributed by atoms with Crippen molar-refractivity contribution in [1.82, 2.24) is 0 Å². The van der Waals surface area contributed by atoms with Gasteiger partial charge in [-0.2, -0.15) is 0 Å². The van der Waals surface area contributed by atoms with E-state index in [1.165, 1.54) is 0 Å². The van der Waals surface area contributed by atoms with Gasteiger partial charge in [0.2, 0.25) is 10.9 Å². The summed E-state index contributed by atoms with van der Waals surface area (Å²) in [7, 11) is 0. The number of imide groups is 1. The Morgan fingerprint density at radius 3 is 1.71 bits per heavy atom. The van der Waals surface area contributed by atoms with E-state index < -0.39 is 22.7 Å². The molecule has 1 aliphatic heterocycles. The number of nitrogen functional groups attached to an aromatic ring is 1. The van der Waals surface area contributed by atoms with E-state index in [-0.39, 0.29) is 16.9 Å². The zero-order chi connectivity index (χ0) is 17.0. The Bertz CT molecular complexity index is 1070. The average molecular weight is 318 g/mol. The third kappa shape index (κ3) is 1.65. The Morgan fingerprint density at radius 1 is 0.667 bits per heavy atom. The van der Waals surface area contributed by atoms with Gasteiger partial charge in [-0.25, -0.2) is 4.90 Å². The van der Waals surface area contributed by atoms with E-state index >= 15 is 0 Å². The molecule has 0 aliphatic carbocycles. The van der Waals surface area contributed by atoms with Crippen molar-refractivity contribution in [1.29, 1.82) is 0 Å². The summed E-state index contributed by atoms with van der Waals surface area (Å²) in [6, 6.07) is 12.9. The normalized spacial score (nSPS) is 13.6. The van der Waals surface area contributed by atoms with Crippen LogP contribution in [-0.4, -0.2) is 11.8 Å². The molecule has 1 heterocycles. The molecule has 24 heavy (non-hydrogen) atoms. The molecule has 0 saturated carbocycles. The maximum absolute atomic E-state index is 12.6. The molecule has 4 rings (SSSR count). The summed E-state index contributed by atoms with van der Waals surface area (Å²) in [6.45, 7) is 0. The lowest BCUT2D eigenvalue weighted by Crippen LogP contribution is -2.37. The molecule has 0 aromatic heterocycles. The van der Waals surface area contributed by atoms with Gasteiger partial charge in [0.1, 0.15) is 0 Å². The Balaban J connectivity index is 1.92. The van der Waals surface area contributed by atoms with Crippen LogP contribution in [0.15, 0.2) is 58.1 Å². The SMILES string of the molecule is Nc1c(-c2ccccc2N2C(=O)c3ccccc3C2=O)c(=O)c1=O. The molecule has 2 N–H and O–H groups in total. The molecule has 0 saturated heterocycles. The summed E-state index contributed by atoms with van der Waals surface area (Å²) in [6.07, 6.45) is 0. The highest BCUT2D eigenvalue weighted by Crippen LogP contribution is 2.36. The molecule has 0 radical (unpaired) electrons. The molecule has 0 bridgehead atoms. The van der Waals surface area contributed by atoms with Gasteiger partial charge >= 0.3 is 0 Å². The summed E-state index contributed by atoms with van der Waals surface area (Å²) in [5, 5.41) is 0. The number of carbonyl (C=O) groups excluding carboxylic acids is 2. The van der Waals surface area contributed by atoms with Gasteiger partial charge in [0.15, 0.2) is 0 Å². The fraction of sp³-hybridized carbons (Fsp3) is 0. The number of nitrogens with two attached hydrogens (primary N) is 1. The van der Waals surface area contributed by atoms with Gasteiger partial charge in [-0.05, 0) is 18.2 Å². The van der Waals surface area contributed by atoms with Crippen molar-refractivity contribution in [3.05, 3.63) is 80.1 Å². The van der Waals surface area contributed by atoms with Crippen molar-refractivity contribution in [2.45, 2.75) is 0 Å². The van der Waals surface area contributed by atoms with E-state index in [2.05, 4.69) is 0 Å². The minimum absolute atomic E-state index is 0.0483. The second kappa shape index (κ2) is 4.73. The number of fused-ring (bicyclic) bond motifs is 1. The Kier molecular flexibility index (Phi) is 2.77. The van der Waals surface area contributed by atoms with Gasteiger partial charge in [-0.15, -0.1) is 0 Å². The van der Waals surface area contributed by atoms with Crippen molar-refractivity contribution < 1.29 is 9.59 Å².